The van der Waals surface area contributed by atoms with Crippen molar-refractivity contribution in [3.63, 3.8) is 0 Å². The lowest BCUT2D eigenvalue weighted by molar-refractivity contribution is -0.384. The lowest BCUT2D eigenvalue weighted by atomic mass is 10.2. The van der Waals surface area contributed by atoms with E-state index in [0.29, 0.717) is 10.9 Å². The second-order valence-electron chi connectivity index (χ2n) is 4.79. The number of rotatable bonds is 3. The number of hydrogen-bond donors (Lipinski definition) is 2. The number of nitrogens with one attached hydrogen (secondary N) is 1. The van der Waals surface area contributed by atoms with Crippen LogP contribution < -0.4 is 0 Å². The molecule has 1 aromatic heterocycles. The molecule has 0 atom stereocenters. The number of carbonyl (C=O) groups is 1. The highest BCUT2D eigenvalue weighted by molar-refractivity contribution is 6.34. The Kier molecular flexibility index (Phi) is 3.97. The fraction of sp³-hybridized carbons (Fsp3) is 0. The number of azo groups is 1. The quantitative estimate of drug-likeness (QED) is 0.416. The minimum Gasteiger partial charge on any atom is -0.493 e. The molecule has 0 saturated heterocycles. The normalized spacial score (nSPS) is 11.2. The van der Waals surface area contributed by atoms with E-state index in [0.717, 1.165) is 12.1 Å². The van der Waals surface area contributed by atoms with Crippen molar-refractivity contribution in [1.82, 2.24) is 4.98 Å². The predicted octanol–water partition coefficient (Wildman–Crippen LogP) is 4.36. The van der Waals surface area contributed by atoms with E-state index in [1.165, 1.54) is 6.07 Å². The van der Waals surface area contributed by atoms with E-state index in [2.05, 4.69) is 15.2 Å². The van der Waals surface area contributed by atoms with Gasteiger partial charge in [-0.15, -0.1) is 10.2 Å². The average Bonchev–Trinajstić information content (AvgIpc) is 2.87. The SMILES string of the molecule is O=C(N=Nc1c(O)[nH]c2ccccc12)c1ccc([N+](=O)[O-])cc1Cl. The Morgan fingerprint density at radius 1 is 1.25 bits per heavy atom. The van der Waals surface area contributed by atoms with Crippen LogP contribution in [0.4, 0.5) is 11.4 Å². The largest absolute Gasteiger partial charge is 0.493 e. The standard InChI is InChI=1S/C15H9ClN4O4/c16-11-7-8(20(23)24)5-6-9(11)14(21)19-18-13-10-3-1-2-4-12(10)17-15(13)22/h1-7,17,22H. The van der Waals surface area contributed by atoms with Crippen LogP contribution in [0, 0.1) is 10.1 Å². The molecule has 0 unspecified atom stereocenters. The summed E-state index contributed by atoms with van der Waals surface area (Å²) in [7, 11) is 0. The lowest BCUT2D eigenvalue weighted by Gasteiger charge is -1.98. The molecule has 3 rings (SSSR count). The summed E-state index contributed by atoms with van der Waals surface area (Å²) in [6, 6.07) is 10.4. The van der Waals surface area contributed by atoms with Gasteiger partial charge in [-0.25, -0.2) is 0 Å². The summed E-state index contributed by atoms with van der Waals surface area (Å²) in [5.41, 5.74) is 0.509. The van der Waals surface area contributed by atoms with Gasteiger partial charge in [0.2, 0.25) is 5.88 Å². The number of halogens is 1. The number of fused-ring (bicyclic) bond motifs is 1. The number of aromatic amines is 1. The predicted molar refractivity (Wildman–Crippen MR) is 86.9 cm³/mol. The smallest absolute Gasteiger partial charge is 0.296 e. The van der Waals surface area contributed by atoms with E-state index in [1.807, 2.05) is 0 Å². The molecule has 9 heteroatoms. The summed E-state index contributed by atoms with van der Waals surface area (Å²) in [4.78, 5) is 24.8. The van der Waals surface area contributed by atoms with Crippen LogP contribution in [0.3, 0.4) is 0 Å². The fourth-order valence-corrected chi connectivity index (χ4v) is 2.41. The van der Waals surface area contributed by atoms with Crippen molar-refractivity contribution in [3.05, 3.63) is 63.2 Å². The monoisotopic (exact) mass is 344 g/mol. The maximum atomic E-state index is 12.1. The van der Waals surface area contributed by atoms with Gasteiger partial charge in [-0.3, -0.25) is 14.9 Å². The summed E-state index contributed by atoms with van der Waals surface area (Å²) >= 11 is 5.87. The molecule has 2 N–H and O–H groups in total. The number of nitro benzene ring substituents is 1. The van der Waals surface area contributed by atoms with E-state index in [-0.39, 0.29) is 27.8 Å². The molecule has 0 bridgehead atoms. The lowest BCUT2D eigenvalue weighted by Crippen LogP contribution is -1.96. The Balaban J connectivity index is 1.93. The van der Waals surface area contributed by atoms with Gasteiger partial charge >= 0.3 is 0 Å². The fourth-order valence-electron chi connectivity index (χ4n) is 2.15. The number of hydrogen-bond acceptors (Lipinski definition) is 5. The van der Waals surface area contributed by atoms with Crippen molar-refractivity contribution < 1.29 is 14.8 Å². The molecule has 24 heavy (non-hydrogen) atoms. The van der Waals surface area contributed by atoms with Crippen LogP contribution in [0.15, 0.2) is 52.7 Å². The van der Waals surface area contributed by atoms with Crippen molar-refractivity contribution in [2.45, 2.75) is 0 Å². The van der Waals surface area contributed by atoms with Crippen LogP contribution in [0.25, 0.3) is 10.9 Å². The Bertz CT molecular complexity index is 996. The molecule has 0 radical (unpaired) electrons. The summed E-state index contributed by atoms with van der Waals surface area (Å²) < 4.78 is 0. The highest BCUT2D eigenvalue weighted by Crippen LogP contribution is 2.35. The summed E-state index contributed by atoms with van der Waals surface area (Å²) in [5, 5.41) is 28.3. The third-order valence-corrected chi connectivity index (χ3v) is 3.61. The van der Waals surface area contributed by atoms with Gasteiger partial charge in [0, 0.05) is 17.5 Å². The molecule has 120 valence electrons. The number of amides is 1. The van der Waals surface area contributed by atoms with Crippen molar-refractivity contribution >= 4 is 39.8 Å². The zero-order valence-corrected chi connectivity index (χ0v) is 12.7. The maximum Gasteiger partial charge on any atom is 0.296 e. The molecule has 0 fully saturated rings. The van der Waals surface area contributed by atoms with Gasteiger partial charge in [-0.2, -0.15) is 0 Å². The van der Waals surface area contributed by atoms with Crippen molar-refractivity contribution in [3.8, 4) is 5.88 Å². The first-order valence-corrected chi connectivity index (χ1v) is 7.05. The highest BCUT2D eigenvalue weighted by atomic mass is 35.5. The summed E-state index contributed by atoms with van der Waals surface area (Å²) in [6.45, 7) is 0. The third kappa shape index (κ3) is 2.82. The number of non-ortho nitro benzene ring substituents is 1. The van der Waals surface area contributed by atoms with Crippen LogP contribution in [0.2, 0.25) is 5.02 Å². The topological polar surface area (TPSA) is 121 Å². The van der Waals surface area contributed by atoms with E-state index in [4.69, 9.17) is 11.6 Å². The molecule has 8 nitrogen and oxygen atoms in total. The third-order valence-electron chi connectivity index (χ3n) is 3.29. The van der Waals surface area contributed by atoms with Crippen molar-refractivity contribution in [1.29, 1.82) is 0 Å². The molecule has 1 heterocycles. The molecule has 2 aromatic carbocycles. The Labute approximate surface area is 139 Å². The Morgan fingerprint density at radius 2 is 2.00 bits per heavy atom. The van der Waals surface area contributed by atoms with Crippen LogP contribution >= 0.6 is 11.6 Å². The number of benzene rings is 2. The van der Waals surface area contributed by atoms with E-state index < -0.39 is 10.8 Å². The Hall–Kier alpha value is -3.26. The first-order chi connectivity index (χ1) is 11.5. The first kappa shape index (κ1) is 15.6. The van der Waals surface area contributed by atoms with Gasteiger partial charge in [0.25, 0.3) is 11.6 Å². The number of carbonyl (C=O) groups excluding carboxylic acids is 1. The highest BCUT2D eigenvalue weighted by Gasteiger charge is 2.15. The van der Waals surface area contributed by atoms with Crippen LogP contribution in [0.5, 0.6) is 5.88 Å². The second-order valence-corrected chi connectivity index (χ2v) is 5.20. The van der Waals surface area contributed by atoms with Gasteiger partial charge < -0.3 is 10.1 Å². The van der Waals surface area contributed by atoms with Crippen LogP contribution in [-0.4, -0.2) is 20.9 Å². The van der Waals surface area contributed by atoms with E-state index >= 15 is 0 Å². The number of aromatic nitrogens is 1. The first-order valence-electron chi connectivity index (χ1n) is 6.67. The number of para-hydroxylation sites is 1. The van der Waals surface area contributed by atoms with Gasteiger partial charge in [0.05, 0.1) is 21.0 Å². The van der Waals surface area contributed by atoms with E-state index in [1.54, 1.807) is 24.3 Å². The van der Waals surface area contributed by atoms with Crippen LogP contribution in [0.1, 0.15) is 10.4 Å². The second kappa shape index (κ2) is 6.09. The van der Waals surface area contributed by atoms with Crippen molar-refractivity contribution in [2.75, 3.05) is 0 Å². The number of nitro groups is 1. The molecule has 0 aliphatic heterocycles. The van der Waals surface area contributed by atoms with Crippen molar-refractivity contribution in [2.24, 2.45) is 10.2 Å². The summed E-state index contributed by atoms with van der Waals surface area (Å²) in [5.74, 6) is -0.998. The molecule has 3 aromatic rings. The van der Waals surface area contributed by atoms with Crippen LogP contribution in [-0.2, 0) is 0 Å². The minimum atomic E-state index is -0.778. The number of aromatic hydroxyl groups is 1. The van der Waals surface area contributed by atoms with Gasteiger partial charge in [-0.1, -0.05) is 29.8 Å². The minimum absolute atomic E-state index is 0.0228. The van der Waals surface area contributed by atoms with Gasteiger partial charge in [0.15, 0.2) is 5.69 Å². The molecule has 1 amide bonds. The zero-order valence-electron chi connectivity index (χ0n) is 11.9. The number of nitrogens with zero attached hydrogens (tertiary/aromatic N) is 3. The number of H-pyrrole nitrogens is 1. The molecule has 0 aliphatic rings. The van der Waals surface area contributed by atoms with Gasteiger partial charge in [-0.05, 0) is 12.1 Å². The average molecular weight is 345 g/mol. The molecule has 0 saturated carbocycles. The zero-order chi connectivity index (χ0) is 17.3. The maximum absolute atomic E-state index is 12.1. The summed E-state index contributed by atoms with van der Waals surface area (Å²) in [6.07, 6.45) is 0. The molecule has 0 aliphatic carbocycles. The molecule has 0 spiro atoms. The van der Waals surface area contributed by atoms with E-state index in [9.17, 15) is 20.0 Å². The molecular weight excluding hydrogens is 336 g/mol. The molecular formula is C15H9ClN4O4. The van der Waals surface area contributed by atoms with Gasteiger partial charge in [0.1, 0.15) is 0 Å². The Morgan fingerprint density at radius 3 is 2.71 bits per heavy atom.